The van der Waals surface area contributed by atoms with Crippen molar-refractivity contribution in [2.24, 2.45) is 0 Å². The second-order valence-electron chi connectivity index (χ2n) is 7.14. The first-order valence-electron chi connectivity index (χ1n) is 9.00. The highest BCUT2D eigenvalue weighted by Crippen LogP contribution is 2.38. The Morgan fingerprint density at radius 1 is 1.35 bits per heavy atom. The maximum absolute atomic E-state index is 12.6. The number of hydrogen-bond acceptors (Lipinski definition) is 3. The molecule has 4 nitrogen and oxygen atoms in total. The number of rotatable bonds is 4. The van der Waals surface area contributed by atoms with Gasteiger partial charge in [-0.05, 0) is 59.9 Å². The van der Waals surface area contributed by atoms with Crippen LogP contribution in [0.3, 0.4) is 0 Å². The van der Waals surface area contributed by atoms with Crippen molar-refractivity contribution in [1.29, 1.82) is 5.26 Å². The lowest BCUT2D eigenvalue weighted by Gasteiger charge is -2.08. The summed E-state index contributed by atoms with van der Waals surface area (Å²) in [7, 11) is 0. The number of nitriles is 1. The highest BCUT2D eigenvalue weighted by atomic mass is 32.1. The molecule has 0 atom stereocenters. The van der Waals surface area contributed by atoms with Crippen molar-refractivity contribution < 1.29 is 4.79 Å². The van der Waals surface area contributed by atoms with E-state index < -0.39 is 0 Å². The van der Waals surface area contributed by atoms with Gasteiger partial charge < -0.3 is 9.88 Å². The van der Waals surface area contributed by atoms with Gasteiger partial charge in [-0.1, -0.05) is 19.9 Å². The summed E-state index contributed by atoms with van der Waals surface area (Å²) in [5, 5.41) is 14.3. The molecule has 0 bridgehead atoms. The average molecular weight is 363 g/mol. The smallest absolute Gasteiger partial charge is 0.244 e. The Labute approximate surface area is 157 Å². The molecule has 0 spiro atoms. The third-order valence-electron chi connectivity index (χ3n) is 5.06. The van der Waals surface area contributed by atoms with Gasteiger partial charge in [-0.2, -0.15) is 5.26 Å². The zero-order valence-electron chi connectivity index (χ0n) is 15.0. The number of hydrogen-bond donors (Lipinski definition) is 1. The minimum absolute atomic E-state index is 0.0909. The summed E-state index contributed by atoms with van der Waals surface area (Å²) >= 11 is 1.56. The summed E-state index contributed by atoms with van der Waals surface area (Å²) in [4.78, 5) is 13.8. The number of nitrogens with zero attached hydrogens (tertiary/aromatic N) is 2. The Balaban J connectivity index is 1.54. The fourth-order valence-corrected chi connectivity index (χ4v) is 4.90. The number of fused-ring (bicyclic) bond motifs is 2. The van der Waals surface area contributed by atoms with Gasteiger partial charge in [0, 0.05) is 16.6 Å². The van der Waals surface area contributed by atoms with Crippen LogP contribution in [0.25, 0.3) is 10.9 Å². The molecule has 0 radical (unpaired) electrons. The van der Waals surface area contributed by atoms with E-state index in [-0.39, 0.29) is 12.5 Å². The molecule has 26 heavy (non-hydrogen) atoms. The molecular formula is C21H21N3OS. The summed E-state index contributed by atoms with van der Waals surface area (Å²) < 4.78 is 1.96. The summed E-state index contributed by atoms with van der Waals surface area (Å²) in [6.07, 6.45) is 5.03. The zero-order valence-corrected chi connectivity index (χ0v) is 15.8. The largest absolute Gasteiger partial charge is 0.338 e. The first kappa shape index (κ1) is 16.9. The molecular weight excluding hydrogens is 342 g/mol. The number of aromatic nitrogens is 1. The Bertz CT molecular complexity index is 1040. The number of carbonyl (C=O) groups excluding carboxylic acids is 1. The second-order valence-corrected chi connectivity index (χ2v) is 8.24. The van der Waals surface area contributed by atoms with Crippen molar-refractivity contribution in [2.45, 2.75) is 45.6 Å². The van der Waals surface area contributed by atoms with E-state index in [9.17, 15) is 10.1 Å². The number of nitrogens with one attached hydrogen (secondary N) is 1. The van der Waals surface area contributed by atoms with Crippen LogP contribution in [0, 0.1) is 11.3 Å². The Morgan fingerprint density at radius 3 is 2.96 bits per heavy atom. The molecule has 5 heteroatoms. The summed E-state index contributed by atoms with van der Waals surface area (Å²) in [6.45, 7) is 4.60. The van der Waals surface area contributed by atoms with Gasteiger partial charge in [0.05, 0.1) is 5.56 Å². The van der Waals surface area contributed by atoms with Crippen molar-refractivity contribution in [2.75, 3.05) is 5.32 Å². The maximum atomic E-state index is 12.6. The van der Waals surface area contributed by atoms with Crippen LogP contribution < -0.4 is 5.32 Å². The third kappa shape index (κ3) is 2.91. The molecule has 1 N–H and O–H groups in total. The van der Waals surface area contributed by atoms with E-state index in [0.717, 1.165) is 35.7 Å². The number of amides is 1. The topological polar surface area (TPSA) is 57.8 Å². The molecule has 2 heterocycles. The van der Waals surface area contributed by atoms with Crippen molar-refractivity contribution in [3.05, 3.63) is 52.0 Å². The highest BCUT2D eigenvalue weighted by molar-refractivity contribution is 7.16. The minimum atomic E-state index is -0.0909. The molecule has 3 aromatic rings. The highest BCUT2D eigenvalue weighted by Gasteiger charge is 2.23. The molecule has 0 aliphatic heterocycles. The SMILES string of the molecule is CC(C)c1ccc2c(ccn2CC(=O)Nc2sc3c(c2C#N)CCC3)c1. The van der Waals surface area contributed by atoms with Crippen LogP contribution >= 0.6 is 11.3 Å². The first-order chi connectivity index (χ1) is 12.6. The van der Waals surface area contributed by atoms with Gasteiger partial charge in [0.2, 0.25) is 5.91 Å². The second kappa shape index (κ2) is 6.62. The van der Waals surface area contributed by atoms with Crippen LogP contribution in [0.5, 0.6) is 0 Å². The van der Waals surface area contributed by atoms with Gasteiger partial charge in [-0.15, -0.1) is 11.3 Å². The van der Waals surface area contributed by atoms with E-state index in [1.807, 2.05) is 10.8 Å². The average Bonchev–Trinajstić information content (AvgIpc) is 3.29. The van der Waals surface area contributed by atoms with Crippen molar-refractivity contribution in [1.82, 2.24) is 4.57 Å². The number of aryl methyl sites for hydroxylation is 1. The molecule has 1 aliphatic carbocycles. The Hall–Kier alpha value is -2.58. The summed E-state index contributed by atoms with van der Waals surface area (Å²) in [5.74, 6) is 0.392. The molecule has 1 aliphatic rings. The van der Waals surface area contributed by atoms with Gasteiger partial charge >= 0.3 is 0 Å². The molecule has 1 aromatic carbocycles. The predicted octanol–water partition coefficient (Wildman–Crippen LogP) is 4.83. The van der Waals surface area contributed by atoms with Gasteiger partial charge in [0.25, 0.3) is 0 Å². The Kier molecular flexibility index (Phi) is 4.29. The van der Waals surface area contributed by atoms with E-state index in [4.69, 9.17) is 0 Å². The number of benzene rings is 1. The summed E-state index contributed by atoms with van der Waals surface area (Å²) in [6, 6.07) is 10.7. The van der Waals surface area contributed by atoms with Crippen molar-refractivity contribution in [3.63, 3.8) is 0 Å². The van der Waals surface area contributed by atoms with Crippen LogP contribution in [-0.2, 0) is 24.2 Å². The minimum Gasteiger partial charge on any atom is -0.338 e. The normalized spacial score (nSPS) is 13.2. The number of carbonyl (C=O) groups is 1. The maximum Gasteiger partial charge on any atom is 0.244 e. The van der Waals surface area contributed by atoms with Crippen LogP contribution in [0.15, 0.2) is 30.5 Å². The molecule has 0 fully saturated rings. The van der Waals surface area contributed by atoms with Crippen LogP contribution in [-0.4, -0.2) is 10.5 Å². The number of anilines is 1. The molecule has 1 amide bonds. The zero-order chi connectivity index (χ0) is 18.3. The van der Waals surface area contributed by atoms with Gasteiger partial charge in [-0.25, -0.2) is 0 Å². The quantitative estimate of drug-likeness (QED) is 0.722. The van der Waals surface area contributed by atoms with Crippen LogP contribution in [0.1, 0.15) is 47.8 Å². The van der Waals surface area contributed by atoms with Crippen molar-refractivity contribution >= 4 is 33.1 Å². The lowest BCUT2D eigenvalue weighted by Crippen LogP contribution is -2.18. The van der Waals surface area contributed by atoms with E-state index in [2.05, 4.69) is 49.5 Å². The molecule has 0 saturated carbocycles. The third-order valence-corrected chi connectivity index (χ3v) is 6.27. The van der Waals surface area contributed by atoms with Gasteiger partial charge in [0.15, 0.2) is 0 Å². The molecule has 0 unspecified atom stereocenters. The first-order valence-corrected chi connectivity index (χ1v) is 9.81. The molecule has 4 rings (SSSR count). The number of thiophene rings is 1. The fourth-order valence-electron chi connectivity index (χ4n) is 3.65. The monoisotopic (exact) mass is 363 g/mol. The van der Waals surface area contributed by atoms with E-state index in [1.165, 1.54) is 10.4 Å². The van der Waals surface area contributed by atoms with E-state index in [1.54, 1.807) is 11.3 Å². The lowest BCUT2D eigenvalue weighted by atomic mass is 10.0. The molecule has 2 aromatic heterocycles. The fraction of sp³-hybridized carbons (Fsp3) is 0.333. The Morgan fingerprint density at radius 2 is 2.19 bits per heavy atom. The molecule has 132 valence electrons. The van der Waals surface area contributed by atoms with Crippen molar-refractivity contribution in [3.8, 4) is 6.07 Å². The van der Waals surface area contributed by atoms with Gasteiger partial charge in [-0.3, -0.25) is 4.79 Å². The lowest BCUT2D eigenvalue weighted by molar-refractivity contribution is -0.116. The molecule has 0 saturated heterocycles. The van der Waals surface area contributed by atoms with Gasteiger partial charge in [0.1, 0.15) is 17.6 Å². The predicted molar refractivity (Wildman–Crippen MR) is 106 cm³/mol. The summed E-state index contributed by atoms with van der Waals surface area (Å²) in [5.41, 5.74) is 4.15. The van der Waals surface area contributed by atoms with Crippen LogP contribution in [0.2, 0.25) is 0 Å². The standard InChI is InChI=1S/C21H21N3OS/c1-13(2)14-6-7-18-15(10-14)8-9-24(18)12-20(25)23-21-17(11-22)16-4-3-5-19(16)26-21/h6-10,13H,3-5,12H2,1-2H3,(H,23,25). The van der Waals surface area contributed by atoms with Crippen LogP contribution in [0.4, 0.5) is 5.00 Å². The van der Waals surface area contributed by atoms with E-state index in [0.29, 0.717) is 16.5 Å². The van der Waals surface area contributed by atoms with E-state index >= 15 is 0 Å².